The number of benzene rings is 2. The lowest BCUT2D eigenvalue weighted by atomic mass is 10.2. The van der Waals surface area contributed by atoms with Crippen LogP contribution in [-0.2, 0) is 4.79 Å². The van der Waals surface area contributed by atoms with Crippen LogP contribution in [0.2, 0.25) is 5.02 Å². The van der Waals surface area contributed by atoms with Crippen molar-refractivity contribution in [2.24, 2.45) is 5.10 Å². The van der Waals surface area contributed by atoms with E-state index in [1.54, 1.807) is 6.21 Å². The first-order chi connectivity index (χ1) is 10.1. The van der Waals surface area contributed by atoms with Gasteiger partial charge in [-0.05, 0) is 36.8 Å². The van der Waals surface area contributed by atoms with Crippen molar-refractivity contribution in [1.82, 2.24) is 5.43 Å². The molecule has 1 N–H and O–H groups in total. The lowest BCUT2D eigenvalue weighted by Gasteiger charge is -2.09. The molecule has 0 radical (unpaired) electrons. The second kappa shape index (κ2) is 7.86. The first-order valence-electron chi connectivity index (χ1n) is 6.45. The molecular weight excluding hydrogens is 304 g/mol. The number of amides is 1. The van der Waals surface area contributed by atoms with Crippen LogP contribution in [0.25, 0.3) is 0 Å². The molecule has 2 rings (SSSR count). The van der Waals surface area contributed by atoms with Gasteiger partial charge in [0.2, 0.25) is 0 Å². The monoisotopic (exact) mass is 318 g/mol. The van der Waals surface area contributed by atoms with Crippen molar-refractivity contribution < 1.29 is 4.79 Å². The number of nitrogens with zero attached hydrogens (tertiary/aromatic N) is 1. The molecule has 0 heterocycles. The van der Waals surface area contributed by atoms with Crippen LogP contribution >= 0.6 is 23.4 Å². The molecule has 0 spiro atoms. The predicted molar refractivity (Wildman–Crippen MR) is 88.9 cm³/mol. The molecule has 0 saturated heterocycles. The Balaban J connectivity index is 1.85. The van der Waals surface area contributed by atoms with Crippen molar-refractivity contribution in [2.75, 3.05) is 0 Å². The summed E-state index contributed by atoms with van der Waals surface area (Å²) in [5, 5.41) is 4.41. The summed E-state index contributed by atoms with van der Waals surface area (Å²) in [5.74, 6) is -0.137. The van der Waals surface area contributed by atoms with Gasteiger partial charge < -0.3 is 0 Å². The van der Waals surface area contributed by atoms with Crippen LogP contribution in [0.15, 0.2) is 64.6 Å². The minimum Gasteiger partial charge on any atom is -0.272 e. The Morgan fingerprint density at radius 2 is 1.86 bits per heavy atom. The number of hydrazone groups is 1. The molecule has 0 bridgehead atoms. The maximum atomic E-state index is 11.9. The van der Waals surface area contributed by atoms with E-state index in [1.165, 1.54) is 11.8 Å². The van der Waals surface area contributed by atoms with Crippen molar-refractivity contribution in [3.05, 3.63) is 65.2 Å². The fourth-order valence-electron chi connectivity index (χ4n) is 1.57. The second-order valence-corrected chi connectivity index (χ2v) is 6.21. The molecule has 0 fully saturated rings. The van der Waals surface area contributed by atoms with Gasteiger partial charge in [-0.25, -0.2) is 5.43 Å². The summed E-state index contributed by atoms with van der Waals surface area (Å²) in [4.78, 5) is 12.9. The van der Waals surface area contributed by atoms with Gasteiger partial charge in [-0.15, -0.1) is 11.8 Å². The maximum Gasteiger partial charge on any atom is 0.253 e. The average molecular weight is 319 g/mol. The number of carbonyl (C=O) groups is 1. The van der Waals surface area contributed by atoms with Crippen LogP contribution in [0.1, 0.15) is 12.5 Å². The number of nitrogens with one attached hydrogen (secondary N) is 1. The van der Waals surface area contributed by atoms with Crippen LogP contribution in [0.3, 0.4) is 0 Å². The molecule has 0 saturated carbocycles. The van der Waals surface area contributed by atoms with Gasteiger partial charge in [0.25, 0.3) is 5.91 Å². The summed E-state index contributed by atoms with van der Waals surface area (Å²) in [6, 6.07) is 17.0. The van der Waals surface area contributed by atoms with E-state index in [0.29, 0.717) is 5.02 Å². The molecule has 0 aliphatic carbocycles. The van der Waals surface area contributed by atoms with Gasteiger partial charge in [-0.3, -0.25) is 4.79 Å². The normalized spacial score (nSPS) is 12.3. The number of rotatable bonds is 5. The summed E-state index contributed by atoms with van der Waals surface area (Å²) in [6.07, 6.45) is 1.62. The molecule has 0 aliphatic rings. The van der Waals surface area contributed by atoms with E-state index < -0.39 is 0 Å². The highest BCUT2D eigenvalue weighted by molar-refractivity contribution is 8.00. The van der Waals surface area contributed by atoms with E-state index in [1.807, 2.05) is 61.5 Å². The molecule has 1 amide bonds. The third-order valence-corrected chi connectivity index (χ3v) is 4.05. The zero-order chi connectivity index (χ0) is 15.1. The zero-order valence-electron chi connectivity index (χ0n) is 11.5. The summed E-state index contributed by atoms with van der Waals surface area (Å²) < 4.78 is 0. The quantitative estimate of drug-likeness (QED) is 0.515. The molecule has 1 unspecified atom stereocenters. The van der Waals surface area contributed by atoms with Gasteiger partial charge in [-0.1, -0.05) is 41.9 Å². The Bertz CT molecular complexity index is 614. The van der Waals surface area contributed by atoms with Gasteiger partial charge >= 0.3 is 0 Å². The van der Waals surface area contributed by atoms with E-state index >= 15 is 0 Å². The molecule has 0 aromatic heterocycles. The molecule has 21 heavy (non-hydrogen) atoms. The molecular formula is C16H15ClN2OS. The van der Waals surface area contributed by atoms with Crippen molar-refractivity contribution in [2.45, 2.75) is 17.1 Å². The fourth-order valence-corrected chi connectivity index (χ4v) is 2.56. The zero-order valence-corrected chi connectivity index (χ0v) is 13.1. The van der Waals surface area contributed by atoms with E-state index in [4.69, 9.17) is 11.6 Å². The number of hydrogen-bond donors (Lipinski definition) is 1. The fraction of sp³-hybridized carbons (Fsp3) is 0.125. The van der Waals surface area contributed by atoms with Crippen LogP contribution in [-0.4, -0.2) is 17.4 Å². The highest BCUT2D eigenvalue weighted by Crippen LogP contribution is 2.24. The predicted octanol–water partition coefficient (Wildman–Crippen LogP) is 3.97. The lowest BCUT2D eigenvalue weighted by Crippen LogP contribution is -2.26. The number of thioether (sulfide) groups is 1. The Hall–Kier alpha value is -1.78. The van der Waals surface area contributed by atoms with E-state index in [0.717, 1.165) is 10.5 Å². The second-order valence-electron chi connectivity index (χ2n) is 4.36. The maximum absolute atomic E-state index is 11.9. The largest absolute Gasteiger partial charge is 0.272 e. The number of carbonyl (C=O) groups excluding carboxylic acids is 1. The van der Waals surface area contributed by atoms with E-state index in [9.17, 15) is 4.79 Å². The molecule has 5 heteroatoms. The Kier molecular flexibility index (Phi) is 5.84. The summed E-state index contributed by atoms with van der Waals surface area (Å²) in [7, 11) is 0. The summed E-state index contributed by atoms with van der Waals surface area (Å²) in [6.45, 7) is 1.84. The van der Waals surface area contributed by atoms with Crippen LogP contribution in [0, 0.1) is 0 Å². The van der Waals surface area contributed by atoms with Gasteiger partial charge in [0.05, 0.1) is 11.5 Å². The smallest absolute Gasteiger partial charge is 0.253 e. The van der Waals surface area contributed by atoms with Crippen molar-refractivity contribution in [1.29, 1.82) is 0 Å². The van der Waals surface area contributed by atoms with Crippen molar-refractivity contribution >= 4 is 35.5 Å². The molecule has 2 aromatic carbocycles. The minimum atomic E-state index is -0.237. The van der Waals surface area contributed by atoms with Gasteiger partial charge in [0.15, 0.2) is 0 Å². The molecule has 1 atom stereocenters. The summed E-state index contributed by atoms with van der Waals surface area (Å²) >= 11 is 7.29. The highest BCUT2D eigenvalue weighted by atomic mass is 35.5. The standard InChI is InChI=1S/C16H15ClN2OS/c1-12(21-15-9-7-14(17)8-10-15)16(20)19-18-11-13-5-3-2-4-6-13/h2-12H,1H3,(H,19,20). The Morgan fingerprint density at radius 1 is 1.19 bits per heavy atom. The van der Waals surface area contributed by atoms with Gasteiger partial charge in [0, 0.05) is 9.92 Å². The van der Waals surface area contributed by atoms with E-state index in [-0.39, 0.29) is 11.2 Å². The summed E-state index contributed by atoms with van der Waals surface area (Å²) in [5.41, 5.74) is 3.49. The van der Waals surface area contributed by atoms with Crippen LogP contribution in [0.4, 0.5) is 0 Å². The topological polar surface area (TPSA) is 41.5 Å². The molecule has 3 nitrogen and oxygen atoms in total. The molecule has 2 aromatic rings. The first kappa shape index (κ1) is 15.6. The lowest BCUT2D eigenvalue weighted by molar-refractivity contribution is -0.120. The SMILES string of the molecule is CC(Sc1ccc(Cl)cc1)C(=O)NN=Cc1ccccc1. The highest BCUT2D eigenvalue weighted by Gasteiger charge is 2.13. The van der Waals surface area contributed by atoms with Gasteiger partial charge in [0.1, 0.15) is 0 Å². The van der Waals surface area contributed by atoms with Crippen molar-refractivity contribution in [3.63, 3.8) is 0 Å². The third kappa shape index (κ3) is 5.25. The third-order valence-electron chi connectivity index (χ3n) is 2.68. The first-order valence-corrected chi connectivity index (χ1v) is 7.71. The number of hydrogen-bond acceptors (Lipinski definition) is 3. The molecule has 108 valence electrons. The Morgan fingerprint density at radius 3 is 2.52 bits per heavy atom. The minimum absolute atomic E-state index is 0.137. The molecule has 0 aliphatic heterocycles. The van der Waals surface area contributed by atoms with Crippen LogP contribution in [0.5, 0.6) is 0 Å². The van der Waals surface area contributed by atoms with Gasteiger partial charge in [-0.2, -0.15) is 5.10 Å². The van der Waals surface area contributed by atoms with Crippen molar-refractivity contribution in [3.8, 4) is 0 Å². The Labute approximate surface area is 133 Å². The van der Waals surface area contributed by atoms with E-state index in [2.05, 4.69) is 10.5 Å². The number of halogens is 1. The average Bonchev–Trinajstić information content (AvgIpc) is 2.50. The van der Waals surface area contributed by atoms with Crippen LogP contribution < -0.4 is 5.43 Å².